The maximum absolute atomic E-state index is 11.6. The van der Waals surface area contributed by atoms with Gasteiger partial charge in [-0.1, -0.05) is 23.2 Å². The number of amides is 1. The molecule has 0 spiro atoms. The van der Waals surface area contributed by atoms with Crippen molar-refractivity contribution in [3.8, 4) is 0 Å². The number of anilines is 1. The van der Waals surface area contributed by atoms with E-state index >= 15 is 0 Å². The van der Waals surface area contributed by atoms with E-state index in [1.165, 1.54) is 0 Å². The first kappa shape index (κ1) is 13.8. The third-order valence-corrected chi connectivity index (χ3v) is 2.26. The van der Waals surface area contributed by atoms with Crippen LogP contribution in [-0.4, -0.2) is 33.5 Å². The quantitative estimate of drug-likeness (QED) is 0.648. The minimum absolute atomic E-state index is 0.0530. The van der Waals surface area contributed by atoms with Crippen molar-refractivity contribution < 1.29 is 14.3 Å². The Balaban J connectivity index is 2.94. The first-order chi connectivity index (χ1) is 7.97. The molecule has 0 radical (unpaired) electrons. The molecule has 1 aromatic heterocycles. The van der Waals surface area contributed by atoms with E-state index in [1.807, 2.05) is 0 Å². The highest BCUT2D eigenvalue weighted by atomic mass is 35.5. The van der Waals surface area contributed by atoms with Crippen LogP contribution in [0.25, 0.3) is 0 Å². The van der Waals surface area contributed by atoms with Gasteiger partial charge in [0.2, 0.25) is 0 Å². The summed E-state index contributed by atoms with van der Waals surface area (Å²) >= 11 is 10.8. The van der Waals surface area contributed by atoms with E-state index in [1.54, 1.807) is 13.8 Å². The fraction of sp³-hybridized carbons (Fsp3) is 0.444. The topological polar surface area (TPSA) is 84.1 Å². The van der Waals surface area contributed by atoms with E-state index in [0.29, 0.717) is 5.69 Å². The van der Waals surface area contributed by atoms with Gasteiger partial charge in [-0.15, -0.1) is 0 Å². The second-order valence-corrected chi connectivity index (χ2v) is 4.18. The summed E-state index contributed by atoms with van der Waals surface area (Å²) < 4.78 is 4.83. The van der Waals surface area contributed by atoms with Crippen molar-refractivity contribution >= 4 is 40.9 Å². The third-order valence-electron chi connectivity index (χ3n) is 1.87. The predicted octanol–water partition coefficient (Wildman–Crippen LogP) is 1.64. The molecule has 0 aliphatic heterocycles. The van der Waals surface area contributed by atoms with E-state index in [-0.39, 0.29) is 18.0 Å². The lowest BCUT2D eigenvalue weighted by Crippen LogP contribution is -2.20. The van der Waals surface area contributed by atoms with Gasteiger partial charge in [0, 0.05) is 5.69 Å². The van der Waals surface area contributed by atoms with Crippen molar-refractivity contribution in [3.05, 3.63) is 11.3 Å². The zero-order valence-electron chi connectivity index (χ0n) is 9.21. The van der Waals surface area contributed by atoms with Crippen molar-refractivity contribution in [3.63, 3.8) is 0 Å². The van der Waals surface area contributed by atoms with E-state index < -0.39 is 16.7 Å². The van der Waals surface area contributed by atoms with Crippen LogP contribution in [0.3, 0.4) is 0 Å². The molecule has 1 rings (SSSR count). The second kappa shape index (κ2) is 5.88. The average Bonchev–Trinajstić information content (AvgIpc) is 2.60. The van der Waals surface area contributed by atoms with Crippen LogP contribution in [0.15, 0.2) is 0 Å². The van der Waals surface area contributed by atoms with Gasteiger partial charge >= 0.3 is 5.97 Å². The van der Waals surface area contributed by atoms with Gasteiger partial charge in [-0.25, -0.2) is 4.79 Å². The molecule has 0 aromatic carbocycles. The Bertz CT molecular complexity index is 431. The summed E-state index contributed by atoms with van der Waals surface area (Å²) in [6.07, 6.45) is 0. The van der Waals surface area contributed by atoms with Gasteiger partial charge in [-0.3, -0.25) is 9.89 Å². The Kier molecular flexibility index (Phi) is 4.77. The molecule has 0 saturated carbocycles. The summed E-state index contributed by atoms with van der Waals surface area (Å²) in [5, 5.41) is 8.66. The Hall–Kier alpha value is -1.27. The summed E-state index contributed by atoms with van der Waals surface area (Å²) in [5.41, 5.74) is 0.647. The first-order valence-corrected chi connectivity index (χ1v) is 5.65. The molecular weight excluding hydrogens is 269 g/mol. The maximum Gasteiger partial charge on any atom is 0.343 e. The number of carbonyl (C=O) groups is 2. The number of rotatable bonds is 4. The predicted molar refractivity (Wildman–Crippen MR) is 63.4 cm³/mol. The molecule has 0 bridgehead atoms. The standard InChI is InChI=1S/C9H11Cl2N3O3/c1-3-17-9(16)5-4(2)13-14-7(5)12-8(15)6(10)11/h6H,3H2,1-2H3,(H2,12,13,14,15). The lowest BCUT2D eigenvalue weighted by Gasteiger charge is -2.05. The number of aryl methyl sites for hydroxylation is 1. The van der Waals surface area contributed by atoms with Gasteiger partial charge < -0.3 is 10.1 Å². The van der Waals surface area contributed by atoms with Crippen LogP contribution >= 0.6 is 23.2 Å². The summed E-state index contributed by atoms with van der Waals surface area (Å²) in [7, 11) is 0. The van der Waals surface area contributed by atoms with E-state index in [2.05, 4.69) is 15.5 Å². The fourth-order valence-corrected chi connectivity index (χ4v) is 1.25. The highest BCUT2D eigenvalue weighted by molar-refractivity contribution is 6.54. The first-order valence-electron chi connectivity index (χ1n) is 4.78. The lowest BCUT2D eigenvalue weighted by molar-refractivity contribution is -0.114. The monoisotopic (exact) mass is 279 g/mol. The normalized spacial score (nSPS) is 10.4. The Morgan fingerprint density at radius 3 is 2.71 bits per heavy atom. The van der Waals surface area contributed by atoms with Gasteiger partial charge in [0.15, 0.2) is 10.7 Å². The van der Waals surface area contributed by atoms with Crippen molar-refractivity contribution in [2.75, 3.05) is 11.9 Å². The number of aromatic nitrogens is 2. The molecule has 0 fully saturated rings. The molecule has 1 heterocycles. The fourth-order valence-electron chi connectivity index (χ4n) is 1.14. The summed E-state index contributed by atoms with van der Waals surface area (Å²) in [6.45, 7) is 3.54. The molecule has 0 atom stereocenters. The zero-order valence-corrected chi connectivity index (χ0v) is 10.7. The number of nitrogens with one attached hydrogen (secondary N) is 2. The summed E-state index contributed by atoms with van der Waals surface area (Å²) in [6, 6.07) is 0. The zero-order chi connectivity index (χ0) is 13.0. The molecule has 1 aromatic rings. The number of carbonyl (C=O) groups excluding carboxylic acids is 2. The van der Waals surface area contributed by atoms with Crippen molar-refractivity contribution in [2.24, 2.45) is 0 Å². The van der Waals surface area contributed by atoms with Crippen molar-refractivity contribution in [1.29, 1.82) is 0 Å². The van der Waals surface area contributed by atoms with Crippen LogP contribution in [-0.2, 0) is 9.53 Å². The Morgan fingerprint density at radius 2 is 2.18 bits per heavy atom. The number of hydrogen-bond acceptors (Lipinski definition) is 4. The maximum atomic E-state index is 11.6. The van der Waals surface area contributed by atoms with Gasteiger partial charge in [0.25, 0.3) is 5.91 Å². The van der Waals surface area contributed by atoms with Crippen LogP contribution in [0.2, 0.25) is 0 Å². The number of alkyl halides is 2. The van der Waals surface area contributed by atoms with Crippen molar-refractivity contribution in [2.45, 2.75) is 18.7 Å². The van der Waals surface area contributed by atoms with Crippen LogP contribution < -0.4 is 5.32 Å². The molecule has 6 nitrogen and oxygen atoms in total. The number of halogens is 2. The van der Waals surface area contributed by atoms with Gasteiger partial charge in [-0.2, -0.15) is 5.10 Å². The van der Waals surface area contributed by atoms with Crippen LogP contribution in [0, 0.1) is 6.92 Å². The molecule has 0 saturated heterocycles. The molecular formula is C9H11Cl2N3O3. The number of hydrogen-bond donors (Lipinski definition) is 2. The molecule has 8 heteroatoms. The minimum atomic E-state index is -1.23. The van der Waals surface area contributed by atoms with E-state index in [0.717, 1.165) is 0 Å². The van der Waals surface area contributed by atoms with Gasteiger partial charge in [0.1, 0.15) is 5.56 Å². The number of nitrogens with zero attached hydrogens (tertiary/aromatic N) is 1. The van der Waals surface area contributed by atoms with Crippen molar-refractivity contribution in [1.82, 2.24) is 10.2 Å². The van der Waals surface area contributed by atoms with Crippen LogP contribution in [0.1, 0.15) is 23.0 Å². The number of aromatic amines is 1. The highest BCUT2D eigenvalue weighted by Crippen LogP contribution is 2.18. The largest absolute Gasteiger partial charge is 0.462 e. The summed E-state index contributed by atoms with van der Waals surface area (Å²) in [5.74, 6) is -1.18. The molecule has 0 aliphatic rings. The molecule has 94 valence electrons. The molecule has 0 aliphatic carbocycles. The van der Waals surface area contributed by atoms with Gasteiger partial charge in [-0.05, 0) is 13.8 Å². The highest BCUT2D eigenvalue weighted by Gasteiger charge is 2.22. The number of esters is 1. The van der Waals surface area contributed by atoms with E-state index in [4.69, 9.17) is 27.9 Å². The Labute approximate surface area is 108 Å². The Morgan fingerprint density at radius 1 is 1.53 bits per heavy atom. The second-order valence-electron chi connectivity index (χ2n) is 3.08. The number of H-pyrrole nitrogens is 1. The smallest absolute Gasteiger partial charge is 0.343 e. The SMILES string of the molecule is CCOC(=O)c1c(NC(=O)C(Cl)Cl)n[nH]c1C. The third kappa shape index (κ3) is 3.34. The lowest BCUT2D eigenvalue weighted by atomic mass is 10.2. The molecule has 17 heavy (non-hydrogen) atoms. The van der Waals surface area contributed by atoms with Crippen LogP contribution in [0.5, 0.6) is 0 Å². The molecule has 0 unspecified atom stereocenters. The number of ether oxygens (including phenoxy) is 1. The van der Waals surface area contributed by atoms with Gasteiger partial charge in [0.05, 0.1) is 6.61 Å². The van der Waals surface area contributed by atoms with Crippen LogP contribution in [0.4, 0.5) is 5.82 Å². The summed E-state index contributed by atoms with van der Waals surface area (Å²) in [4.78, 5) is 21.6. The van der Waals surface area contributed by atoms with E-state index in [9.17, 15) is 9.59 Å². The average molecular weight is 280 g/mol. The minimum Gasteiger partial charge on any atom is -0.462 e. The molecule has 2 N–H and O–H groups in total. The molecule has 1 amide bonds.